The van der Waals surface area contributed by atoms with Crippen LogP contribution in [0.3, 0.4) is 0 Å². The third-order valence-corrected chi connectivity index (χ3v) is 2.98. The largest absolute Gasteiger partial charge is 0.493 e. The summed E-state index contributed by atoms with van der Waals surface area (Å²) in [5.74, 6) is -0.257. The number of amides is 1. The molecule has 0 saturated heterocycles. The monoisotopic (exact) mass is 295 g/mol. The average Bonchev–Trinajstić information content (AvgIpc) is 2.51. The van der Waals surface area contributed by atoms with Crippen molar-refractivity contribution < 1.29 is 23.8 Å². The number of ether oxygens (including phenoxy) is 3. The smallest absolute Gasteiger partial charge is 0.342 e. The van der Waals surface area contributed by atoms with Gasteiger partial charge < -0.3 is 19.5 Å². The molecule has 0 bridgehead atoms. The van der Waals surface area contributed by atoms with Gasteiger partial charge in [-0.15, -0.1) is 0 Å². The SMILES string of the molecule is CC[C@@H](C)NC(=O)COC(=O)c1cccc(OC)c1OC. The van der Waals surface area contributed by atoms with Gasteiger partial charge >= 0.3 is 5.97 Å². The second kappa shape index (κ2) is 8.14. The minimum Gasteiger partial charge on any atom is -0.493 e. The minimum absolute atomic E-state index is 0.0440. The molecule has 116 valence electrons. The molecular formula is C15H21NO5. The summed E-state index contributed by atoms with van der Waals surface area (Å²) >= 11 is 0. The summed E-state index contributed by atoms with van der Waals surface area (Å²) < 4.78 is 15.2. The maximum Gasteiger partial charge on any atom is 0.342 e. The van der Waals surface area contributed by atoms with Crippen molar-refractivity contribution in [2.45, 2.75) is 26.3 Å². The van der Waals surface area contributed by atoms with E-state index in [4.69, 9.17) is 14.2 Å². The number of methoxy groups -OCH3 is 2. The first-order valence-electron chi connectivity index (χ1n) is 6.70. The molecule has 0 saturated carbocycles. The second-order valence-corrected chi connectivity index (χ2v) is 4.49. The van der Waals surface area contributed by atoms with Gasteiger partial charge in [0.05, 0.1) is 14.2 Å². The molecule has 0 aliphatic carbocycles. The normalized spacial score (nSPS) is 11.4. The number of rotatable bonds is 7. The zero-order valence-electron chi connectivity index (χ0n) is 12.8. The number of nitrogens with one attached hydrogen (secondary N) is 1. The first-order chi connectivity index (χ1) is 10.0. The zero-order valence-corrected chi connectivity index (χ0v) is 12.8. The lowest BCUT2D eigenvalue weighted by molar-refractivity contribution is -0.124. The first-order valence-corrected chi connectivity index (χ1v) is 6.70. The molecular weight excluding hydrogens is 274 g/mol. The third-order valence-electron chi connectivity index (χ3n) is 2.98. The van der Waals surface area contributed by atoms with Crippen molar-refractivity contribution in [3.8, 4) is 11.5 Å². The van der Waals surface area contributed by atoms with Crippen LogP contribution in [0.5, 0.6) is 11.5 Å². The Bertz CT molecular complexity index is 501. The summed E-state index contributed by atoms with van der Waals surface area (Å²) in [5.41, 5.74) is 0.216. The Hall–Kier alpha value is -2.24. The summed E-state index contributed by atoms with van der Waals surface area (Å²) in [5, 5.41) is 2.72. The predicted molar refractivity (Wildman–Crippen MR) is 77.7 cm³/mol. The third kappa shape index (κ3) is 4.66. The molecule has 0 fully saturated rings. The maximum absolute atomic E-state index is 12.0. The number of para-hydroxylation sites is 1. The van der Waals surface area contributed by atoms with Gasteiger partial charge in [-0.05, 0) is 25.5 Å². The van der Waals surface area contributed by atoms with Crippen LogP contribution in [0.25, 0.3) is 0 Å². The van der Waals surface area contributed by atoms with Crippen molar-refractivity contribution in [2.24, 2.45) is 0 Å². The fraction of sp³-hybridized carbons (Fsp3) is 0.467. The van der Waals surface area contributed by atoms with Crippen molar-refractivity contribution in [3.05, 3.63) is 23.8 Å². The summed E-state index contributed by atoms with van der Waals surface area (Å²) in [6.07, 6.45) is 0.809. The Balaban J connectivity index is 2.70. The van der Waals surface area contributed by atoms with E-state index in [1.54, 1.807) is 18.2 Å². The van der Waals surface area contributed by atoms with Crippen LogP contribution in [-0.4, -0.2) is 38.7 Å². The molecule has 21 heavy (non-hydrogen) atoms. The van der Waals surface area contributed by atoms with E-state index in [0.29, 0.717) is 5.75 Å². The summed E-state index contributed by atoms with van der Waals surface area (Å²) in [4.78, 5) is 23.6. The second-order valence-electron chi connectivity index (χ2n) is 4.49. The highest BCUT2D eigenvalue weighted by Crippen LogP contribution is 2.30. The van der Waals surface area contributed by atoms with Crippen molar-refractivity contribution in [1.29, 1.82) is 0 Å². The van der Waals surface area contributed by atoms with Crippen molar-refractivity contribution in [1.82, 2.24) is 5.32 Å². The number of benzene rings is 1. The highest BCUT2D eigenvalue weighted by Gasteiger charge is 2.18. The van der Waals surface area contributed by atoms with Gasteiger partial charge in [-0.2, -0.15) is 0 Å². The van der Waals surface area contributed by atoms with Crippen LogP contribution in [0.15, 0.2) is 18.2 Å². The Labute approximate surface area is 124 Å². The molecule has 1 N–H and O–H groups in total. The number of carbonyl (C=O) groups excluding carboxylic acids is 2. The quantitative estimate of drug-likeness (QED) is 0.776. The van der Waals surface area contributed by atoms with E-state index in [9.17, 15) is 9.59 Å². The molecule has 1 aromatic rings. The molecule has 0 unspecified atom stereocenters. The van der Waals surface area contributed by atoms with E-state index in [1.165, 1.54) is 14.2 Å². The van der Waals surface area contributed by atoms with E-state index in [0.717, 1.165) is 6.42 Å². The van der Waals surface area contributed by atoms with Crippen LogP contribution in [0, 0.1) is 0 Å². The van der Waals surface area contributed by atoms with Gasteiger partial charge in [0.25, 0.3) is 5.91 Å². The van der Waals surface area contributed by atoms with Crippen LogP contribution in [-0.2, 0) is 9.53 Å². The molecule has 0 aliphatic heterocycles. The molecule has 0 aliphatic rings. The van der Waals surface area contributed by atoms with E-state index in [2.05, 4.69) is 5.32 Å². The van der Waals surface area contributed by atoms with Gasteiger partial charge in [-0.1, -0.05) is 13.0 Å². The molecule has 1 aromatic carbocycles. The van der Waals surface area contributed by atoms with Crippen LogP contribution in [0.2, 0.25) is 0 Å². The summed E-state index contributed by atoms with van der Waals surface area (Å²) in [7, 11) is 2.91. The molecule has 1 atom stereocenters. The van der Waals surface area contributed by atoms with Crippen LogP contribution >= 0.6 is 0 Å². The Morgan fingerprint density at radius 1 is 1.24 bits per heavy atom. The van der Waals surface area contributed by atoms with Crippen molar-refractivity contribution in [3.63, 3.8) is 0 Å². The Morgan fingerprint density at radius 2 is 1.95 bits per heavy atom. The molecule has 6 heteroatoms. The molecule has 1 rings (SSSR count). The number of hydrogen-bond donors (Lipinski definition) is 1. The van der Waals surface area contributed by atoms with E-state index in [-0.39, 0.29) is 29.9 Å². The van der Waals surface area contributed by atoms with Crippen molar-refractivity contribution >= 4 is 11.9 Å². The molecule has 1 amide bonds. The average molecular weight is 295 g/mol. The lowest BCUT2D eigenvalue weighted by Gasteiger charge is -2.13. The van der Waals surface area contributed by atoms with Gasteiger partial charge in [0, 0.05) is 6.04 Å². The fourth-order valence-corrected chi connectivity index (χ4v) is 1.68. The van der Waals surface area contributed by atoms with Gasteiger partial charge in [0.1, 0.15) is 5.56 Å². The molecule has 0 radical (unpaired) electrons. The van der Waals surface area contributed by atoms with Gasteiger partial charge in [0.15, 0.2) is 18.1 Å². The van der Waals surface area contributed by atoms with Crippen LogP contribution < -0.4 is 14.8 Å². The predicted octanol–water partition coefficient (Wildman–Crippen LogP) is 1.78. The zero-order chi connectivity index (χ0) is 15.8. The summed E-state index contributed by atoms with van der Waals surface area (Å²) in [6.45, 7) is 3.51. The van der Waals surface area contributed by atoms with Crippen LogP contribution in [0.1, 0.15) is 30.6 Å². The molecule has 0 heterocycles. The van der Waals surface area contributed by atoms with Gasteiger partial charge in [-0.25, -0.2) is 4.79 Å². The highest BCUT2D eigenvalue weighted by atomic mass is 16.5. The van der Waals surface area contributed by atoms with Crippen molar-refractivity contribution in [2.75, 3.05) is 20.8 Å². The summed E-state index contributed by atoms with van der Waals surface area (Å²) in [6, 6.07) is 4.92. The Kier molecular flexibility index (Phi) is 6.52. The van der Waals surface area contributed by atoms with Gasteiger partial charge in [-0.3, -0.25) is 4.79 Å². The van der Waals surface area contributed by atoms with Gasteiger partial charge in [0.2, 0.25) is 0 Å². The molecule has 0 aromatic heterocycles. The van der Waals surface area contributed by atoms with E-state index >= 15 is 0 Å². The highest BCUT2D eigenvalue weighted by molar-refractivity contribution is 5.94. The lowest BCUT2D eigenvalue weighted by Crippen LogP contribution is -2.35. The molecule has 6 nitrogen and oxygen atoms in total. The van der Waals surface area contributed by atoms with E-state index < -0.39 is 5.97 Å². The van der Waals surface area contributed by atoms with Crippen LogP contribution in [0.4, 0.5) is 0 Å². The molecule has 0 spiro atoms. The maximum atomic E-state index is 12.0. The minimum atomic E-state index is -0.634. The first kappa shape index (κ1) is 16.8. The standard InChI is InChI=1S/C15H21NO5/c1-5-10(2)16-13(17)9-21-15(18)11-7-6-8-12(19-3)14(11)20-4/h6-8,10H,5,9H2,1-4H3,(H,16,17)/t10-/m1/s1. The Morgan fingerprint density at radius 3 is 2.52 bits per heavy atom. The van der Waals surface area contributed by atoms with E-state index in [1.807, 2.05) is 13.8 Å². The fourth-order valence-electron chi connectivity index (χ4n) is 1.68. The lowest BCUT2D eigenvalue weighted by atomic mass is 10.2. The number of carbonyl (C=O) groups is 2. The topological polar surface area (TPSA) is 73.9 Å². The number of hydrogen-bond acceptors (Lipinski definition) is 5. The number of esters is 1.